The molecule has 1 aliphatic heterocycles. The molecule has 4 nitrogen and oxygen atoms in total. The number of fused-ring (bicyclic) bond motifs is 2. The Morgan fingerprint density at radius 3 is 2.14 bits per heavy atom. The van der Waals surface area contributed by atoms with E-state index in [2.05, 4.69) is 5.32 Å². The SMILES string of the molecule is CC1(C)[C@@]2(C(=O)O)CC[C@]1(C)C(O)N2. The molecule has 2 fully saturated rings. The molecule has 1 heterocycles. The molecule has 1 saturated heterocycles. The normalized spacial score (nSPS) is 49.6. The maximum absolute atomic E-state index is 11.3. The topological polar surface area (TPSA) is 69.6 Å². The summed E-state index contributed by atoms with van der Waals surface area (Å²) in [5, 5.41) is 22.0. The van der Waals surface area contributed by atoms with Gasteiger partial charge in [-0.1, -0.05) is 20.8 Å². The summed E-state index contributed by atoms with van der Waals surface area (Å²) in [7, 11) is 0. The summed E-state index contributed by atoms with van der Waals surface area (Å²) in [6.07, 6.45) is 0.658. The molecule has 1 saturated carbocycles. The van der Waals surface area contributed by atoms with Gasteiger partial charge in [-0.25, -0.2) is 0 Å². The van der Waals surface area contributed by atoms with Crippen molar-refractivity contribution >= 4 is 5.97 Å². The predicted molar refractivity (Wildman–Crippen MR) is 50.6 cm³/mol. The Bertz CT molecular complexity index is 302. The number of aliphatic hydroxyl groups is 1. The minimum atomic E-state index is -0.943. The summed E-state index contributed by atoms with van der Waals surface area (Å²) < 4.78 is 0. The molecule has 4 heteroatoms. The van der Waals surface area contributed by atoms with Crippen LogP contribution in [0.15, 0.2) is 0 Å². The molecule has 0 amide bonds. The van der Waals surface area contributed by atoms with Crippen LogP contribution in [0, 0.1) is 10.8 Å². The molecule has 3 atom stereocenters. The number of piperidine rings is 1. The molecule has 0 aromatic rings. The molecule has 0 aromatic carbocycles. The van der Waals surface area contributed by atoms with E-state index >= 15 is 0 Å². The summed E-state index contributed by atoms with van der Waals surface area (Å²) >= 11 is 0. The first-order chi connectivity index (χ1) is 6.28. The Kier molecular flexibility index (Phi) is 1.64. The number of aliphatic carboxylic acids is 1. The van der Waals surface area contributed by atoms with Gasteiger partial charge >= 0.3 is 5.97 Å². The third-order valence-electron chi connectivity index (χ3n) is 4.87. The van der Waals surface area contributed by atoms with Gasteiger partial charge in [-0.15, -0.1) is 0 Å². The molecule has 2 aliphatic rings. The van der Waals surface area contributed by atoms with E-state index in [9.17, 15) is 15.0 Å². The molecule has 0 aromatic heterocycles. The van der Waals surface area contributed by atoms with Crippen LogP contribution in [0.5, 0.6) is 0 Å². The molecule has 14 heavy (non-hydrogen) atoms. The van der Waals surface area contributed by atoms with Gasteiger partial charge in [0.15, 0.2) is 0 Å². The molecular weight excluding hydrogens is 182 g/mol. The highest BCUT2D eigenvalue weighted by atomic mass is 16.4. The quantitative estimate of drug-likeness (QED) is 0.577. The molecule has 3 N–H and O–H groups in total. The second-order valence-electron chi connectivity index (χ2n) is 5.30. The van der Waals surface area contributed by atoms with Crippen LogP contribution in [0.4, 0.5) is 0 Å². The third kappa shape index (κ3) is 0.718. The van der Waals surface area contributed by atoms with Crippen molar-refractivity contribution in [1.29, 1.82) is 0 Å². The number of nitrogens with one attached hydrogen (secondary N) is 1. The first kappa shape index (κ1) is 9.93. The van der Waals surface area contributed by atoms with Crippen LogP contribution in [0.25, 0.3) is 0 Å². The van der Waals surface area contributed by atoms with Gasteiger partial charge in [-0.3, -0.25) is 10.1 Å². The smallest absolute Gasteiger partial charge is 0.324 e. The third-order valence-corrected chi connectivity index (χ3v) is 4.87. The van der Waals surface area contributed by atoms with Crippen molar-refractivity contribution in [1.82, 2.24) is 5.32 Å². The largest absolute Gasteiger partial charge is 0.480 e. The summed E-state index contributed by atoms with van der Waals surface area (Å²) in [6.45, 7) is 5.82. The standard InChI is InChI=1S/C10H17NO3/c1-8(2)9(3)4-5-10(8,7(13)14)11-6(9)12/h6,11-12H,4-5H2,1-3H3,(H,13,14)/t6?,9-,10+/m1/s1. The van der Waals surface area contributed by atoms with Crippen molar-refractivity contribution < 1.29 is 15.0 Å². The Balaban J connectivity index is 2.54. The molecule has 1 unspecified atom stereocenters. The minimum absolute atomic E-state index is 0.328. The van der Waals surface area contributed by atoms with Crippen LogP contribution in [0.3, 0.4) is 0 Å². The number of hydrogen-bond donors (Lipinski definition) is 3. The monoisotopic (exact) mass is 199 g/mol. The van der Waals surface area contributed by atoms with Gasteiger partial charge in [-0.2, -0.15) is 0 Å². The van der Waals surface area contributed by atoms with Crippen molar-refractivity contribution in [3.05, 3.63) is 0 Å². The van der Waals surface area contributed by atoms with Gasteiger partial charge in [-0.05, 0) is 12.8 Å². The lowest BCUT2D eigenvalue weighted by molar-refractivity contribution is -0.148. The van der Waals surface area contributed by atoms with Crippen LogP contribution < -0.4 is 5.32 Å². The van der Waals surface area contributed by atoms with Crippen LogP contribution in [0.2, 0.25) is 0 Å². The highest BCUT2D eigenvalue weighted by Gasteiger charge is 2.72. The lowest BCUT2D eigenvalue weighted by Gasteiger charge is -2.37. The van der Waals surface area contributed by atoms with E-state index < -0.39 is 23.2 Å². The van der Waals surface area contributed by atoms with Crippen molar-refractivity contribution in [2.24, 2.45) is 10.8 Å². The van der Waals surface area contributed by atoms with Gasteiger partial charge < -0.3 is 10.2 Å². The number of rotatable bonds is 1. The fourth-order valence-corrected chi connectivity index (χ4v) is 3.12. The number of aliphatic hydroxyl groups excluding tert-OH is 1. The van der Waals surface area contributed by atoms with E-state index in [1.807, 2.05) is 20.8 Å². The van der Waals surface area contributed by atoms with E-state index in [1.54, 1.807) is 0 Å². The van der Waals surface area contributed by atoms with Crippen LogP contribution in [-0.4, -0.2) is 27.9 Å². The zero-order valence-electron chi connectivity index (χ0n) is 8.79. The van der Waals surface area contributed by atoms with Crippen molar-refractivity contribution in [2.75, 3.05) is 0 Å². The van der Waals surface area contributed by atoms with Crippen LogP contribution in [-0.2, 0) is 4.79 Å². The second-order valence-corrected chi connectivity index (χ2v) is 5.30. The Morgan fingerprint density at radius 1 is 1.36 bits per heavy atom. The number of carboxylic acids is 1. The number of carbonyl (C=O) groups is 1. The average molecular weight is 199 g/mol. The van der Waals surface area contributed by atoms with E-state index in [0.29, 0.717) is 6.42 Å². The maximum Gasteiger partial charge on any atom is 0.324 e. The van der Waals surface area contributed by atoms with E-state index in [1.165, 1.54) is 0 Å². The molecule has 0 radical (unpaired) electrons. The lowest BCUT2D eigenvalue weighted by Crippen LogP contribution is -2.55. The molecule has 80 valence electrons. The van der Waals surface area contributed by atoms with Crippen LogP contribution >= 0.6 is 0 Å². The number of hydrogen-bond acceptors (Lipinski definition) is 3. The molecule has 2 rings (SSSR count). The Morgan fingerprint density at radius 2 is 1.93 bits per heavy atom. The van der Waals surface area contributed by atoms with Gasteiger partial charge in [0, 0.05) is 10.8 Å². The van der Waals surface area contributed by atoms with Crippen LogP contribution in [0.1, 0.15) is 33.6 Å². The zero-order valence-corrected chi connectivity index (χ0v) is 8.79. The highest BCUT2D eigenvalue weighted by molar-refractivity contribution is 5.82. The second kappa shape index (κ2) is 2.31. The maximum atomic E-state index is 11.3. The summed E-state index contributed by atoms with van der Waals surface area (Å²) in [4.78, 5) is 11.3. The fourth-order valence-electron chi connectivity index (χ4n) is 3.12. The fraction of sp³-hybridized carbons (Fsp3) is 0.900. The summed E-state index contributed by atoms with van der Waals surface area (Å²) in [6, 6.07) is 0. The Hall–Kier alpha value is -0.610. The van der Waals surface area contributed by atoms with Crippen molar-refractivity contribution in [3.63, 3.8) is 0 Å². The molecular formula is C10H17NO3. The predicted octanol–water partition coefficient (Wildman–Crippen LogP) is 0.558. The van der Waals surface area contributed by atoms with Gasteiger partial charge in [0.2, 0.25) is 0 Å². The van der Waals surface area contributed by atoms with Gasteiger partial charge in [0.25, 0.3) is 0 Å². The zero-order chi connectivity index (χ0) is 10.8. The van der Waals surface area contributed by atoms with Gasteiger partial charge in [0.1, 0.15) is 11.8 Å². The lowest BCUT2D eigenvalue weighted by atomic mass is 9.66. The first-order valence-corrected chi connectivity index (χ1v) is 4.97. The summed E-state index contributed by atoms with van der Waals surface area (Å²) in [5.74, 6) is -0.845. The highest BCUT2D eigenvalue weighted by Crippen LogP contribution is 2.63. The first-order valence-electron chi connectivity index (χ1n) is 4.97. The van der Waals surface area contributed by atoms with Crippen molar-refractivity contribution in [2.45, 2.75) is 45.4 Å². The molecule has 1 aliphatic carbocycles. The van der Waals surface area contributed by atoms with E-state index in [-0.39, 0.29) is 5.41 Å². The minimum Gasteiger partial charge on any atom is -0.480 e. The molecule has 2 bridgehead atoms. The van der Waals surface area contributed by atoms with Crippen molar-refractivity contribution in [3.8, 4) is 0 Å². The average Bonchev–Trinajstić information content (AvgIpc) is 2.34. The molecule has 0 spiro atoms. The van der Waals surface area contributed by atoms with E-state index in [4.69, 9.17) is 0 Å². The van der Waals surface area contributed by atoms with Gasteiger partial charge in [0.05, 0.1) is 0 Å². The Labute approximate surface area is 83.3 Å². The number of carboxylic acid groups (broad SMARTS) is 1. The summed E-state index contributed by atoms with van der Waals surface area (Å²) in [5.41, 5.74) is -1.68. The van der Waals surface area contributed by atoms with E-state index in [0.717, 1.165) is 6.42 Å².